The number of hydrogen-bond donors (Lipinski definition) is 2. The van der Waals surface area contributed by atoms with Crippen molar-refractivity contribution >= 4 is 28.8 Å². The molecule has 0 aliphatic rings. The number of nitriles is 1. The van der Waals surface area contributed by atoms with E-state index in [0.29, 0.717) is 17.1 Å². The monoisotopic (exact) mass is 358 g/mol. The van der Waals surface area contributed by atoms with Crippen molar-refractivity contribution in [2.24, 2.45) is 0 Å². The molecule has 0 saturated heterocycles. The first kappa shape index (κ1) is 17.9. The van der Waals surface area contributed by atoms with E-state index in [1.54, 1.807) is 36.4 Å². The lowest BCUT2D eigenvalue weighted by molar-refractivity contribution is 0.102. The fourth-order valence-electron chi connectivity index (χ4n) is 2.37. The Kier molecular flexibility index (Phi) is 5.28. The van der Waals surface area contributed by atoms with Crippen molar-refractivity contribution in [3.63, 3.8) is 0 Å². The van der Waals surface area contributed by atoms with E-state index in [4.69, 9.17) is 5.26 Å². The summed E-state index contributed by atoms with van der Waals surface area (Å²) in [6, 6.07) is 19.9. The van der Waals surface area contributed by atoms with Crippen LogP contribution in [0.15, 0.2) is 60.7 Å². The lowest BCUT2D eigenvalue weighted by atomic mass is 10.2. The maximum absolute atomic E-state index is 12.3. The number of aromatic nitrogens is 2. The second-order valence-electron chi connectivity index (χ2n) is 6.02. The fourth-order valence-corrected chi connectivity index (χ4v) is 2.37. The van der Waals surface area contributed by atoms with Crippen LogP contribution < -0.4 is 15.5 Å². The van der Waals surface area contributed by atoms with E-state index in [2.05, 4.69) is 20.8 Å². The fraction of sp³-hybridized carbons (Fsp3) is 0.100. The second-order valence-corrected chi connectivity index (χ2v) is 6.02. The van der Waals surface area contributed by atoms with Crippen LogP contribution in [0, 0.1) is 11.3 Å². The minimum Gasteiger partial charge on any atom is -0.378 e. The number of nitrogens with zero attached hydrogens (tertiary/aromatic N) is 4. The third-order valence-corrected chi connectivity index (χ3v) is 3.80. The molecule has 134 valence electrons. The first-order valence-electron chi connectivity index (χ1n) is 8.25. The third-order valence-electron chi connectivity index (χ3n) is 3.80. The minimum absolute atomic E-state index is 0.186. The Morgan fingerprint density at radius 1 is 1.00 bits per heavy atom. The van der Waals surface area contributed by atoms with Crippen LogP contribution in [0.3, 0.4) is 0 Å². The Labute approximate surface area is 157 Å². The van der Waals surface area contributed by atoms with Gasteiger partial charge in [-0.2, -0.15) is 5.26 Å². The summed E-state index contributed by atoms with van der Waals surface area (Å²) in [5.74, 6) is 0.148. The summed E-state index contributed by atoms with van der Waals surface area (Å²) in [6.07, 6.45) is 0. The topological polar surface area (TPSA) is 93.9 Å². The summed E-state index contributed by atoms with van der Waals surface area (Å²) >= 11 is 0. The quantitative estimate of drug-likeness (QED) is 0.726. The number of anilines is 4. The first-order valence-corrected chi connectivity index (χ1v) is 8.25. The van der Waals surface area contributed by atoms with Crippen LogP contribution in [0.4, 0.5) is 22.9 Å². The van der Waals surface area contributed by atoms with Crippen molar-refractivity contribution in [1.82, 2.24) is 10.2 Å². The van der Waals surface area contributed by atoms with Crippen molar-refractivity contribution in [1.29, 1.82) is 5.26 Å². The smallest absolute Gasteiger partial charge is 0.276 e. The molecule has 0 aliphatic carbocycles. The van der Waals surface area contributed by atoms with E-state index >= 15 is 0 Å². The van der Waals surface area contributed by atoms with Crippen LogP contribution in [-0.4, -0.2) is 30.2 Å². The van der Waals surface area contributed by atoms with E-state index in [9.17, 15) is 4.79 Å². The molecule has 7 heteroatoms. The molecule has 7 nitrogen and oxygen atoms in total. The molecular formula is C20H18N6O. The lowest BCUT2D eigenvalue weighted by Crippen LogP contribution is -2.14. The molecule has 3 rings (SSSR count). The van der Waals surface area contributed by atoms with Gasteiger partial charge in [-0.05, 0) is 54.6 Å². The highest BCUT2D eigenvalue weighted by molar-refractivity contribution is 6.02. The maximum atomic E-state index is 12.3. The number of amides is 1. The van der Waals surface area contributed by atoms with Crippen LogP contribution in [0.1, 0.15) is 16.1 Å². The van der Waals surface area contributed by atoms with Crippen LogP contribution in [-0.2, 0) is 0 Å². The van der Waals surface area contributed by atoms with Gasteiger partial charge in [-0.1, -0.05) is 6.07 Å². The van der Waals surface area contributed by atoms with Gasteiger partial charge >= 0.3 is 0 Å². The van der Waals surface area contributed by atoms with Gasteiger partial charge in [-0.25, -0.2) is 0 Å². The van der Waals surface area contributed by atoms with E-state index in [1.165, 1.54) is 0 Å². The predicted octanol–water partition coefficient (Wildman–Crippen LogP) is 3.41. The molecule has 0 fully saturated rings. The first-order chi connectivity index (χ1) is 13.0. The summed E-state index contributed by atoms with van der Waals surface area (Å²) in [5, 5.41) is 22.8. The van der Waals surface area contributed by atoms with E-state index in [1.807, 2.05) is 49.3 Å². The molecule has 0 aliphatic heterocycles. The summed E-state index contributed by atoms with van der Waals surface area (Å²) in [6.45, 7) is 0. The van der Waals surface area contributed by atoms with Gasteiger partial charge in [0.2, 0.25) is 0 Å². The van der Waals surface area contributed by atoms with Gasteiger partial charge in [0.1, 0.15) is 0 Å². The van der Waals surface area contributed by atoms with Gasteiger partial charge in [0, 0.05) is 31.2 Å². The van der Waals surface area contributed by atoms with Gasteiger partial charge in [0.25, 0.3) is 5.91 Å². The summed E-state index contributed by atoms with van der Waals surface area (Å²) in [7, 11) is 3.96. The highest BCUT2D eigenvalue weighted by Crippen LogP contribution is 2.19. The molecule has 0 radical (unpaired) electrons. The second kappa shape index (κ2) is 7.97. The molecule has 1 heterocycles. The molecule has 0 spiro atoms. The van der Waals surface area contributed by atoms with Crippen molar-refractivity contribution < 1.29 is 4.79 Å². The number of hydrogen-bond acceptors (Lipinski definition) is 6. The van der Waals surface area contributed by atoms with E-state index in [0.717, 1.165) is 11.4 Å². The number of rotatable bonds is 5. The third kappa shape index (κ3) is 4.58. The molecule has 3 aromatic rings. The molecule has 27 heavy (non-hydrogen) atoms. The SMILES string of the molecule is CN(C)c1ccc(Nc2ccc(C(=O)Nc3cccc(C#N)c3)nn2)cc1. The summed E-state index contributed by atoms with van der Waals surface area (Å²) in [5.41, 5.74) is 3.16. The lowest BCUT2D eigenvalue weighted by Gasteiger charge is -2.13. The van der Waals surface area contributed by atoms with Gasteiger partial charge < -0.3 is 15.5 Å². The Morgan fingerprint density at radius 2 is 1.78 bits per heavy atom. The van der Waals surface area contributed by atoms with Crippen molar-refractivity contribution in [3.8, 4) is 6.07 Å². The van der Waals surface area contributed by atoms with Gasteiger partial charge in [-0.15, -0.1) is 10.2 Å². The normalized spacial score (nSPS) is 9.96. The molecular weight excluding hydrogens is 340 g/mol. The number of nitrogens with one attached hydrogen (secondary N) is 2. The highest BCUT2D eigenvalue weighted by atomic mass is 16.1. The highest BCUT2D eigenvalue weighted by Gasteiger charge is 2.09. The average molecular weight is 358 g/mol. The molecule has 2 N–H and O–H groups in total. The molecule has 2 aromatic carbocycles. The van der Waals surface area contributed by atoms with Gasteiger partial charge in [0.05, 0.1) is 11.6 Å². The standard InChI is InChI=1S/C20H18N6O/c1-26(2)17-8-6-15(7-9-17)22-19-11-10-18(24-25-19)20(27)23-16-5-3-4-14(12-16)13-21/h3-12H,1-2H3,(H,22,25)(H,23,27). The Hall–Kier alpha value is -3.92. The minimum atomic E-state index is -0.389. The Balaban J connectivity index is 1.65. The maximum Gasteiger partial charge on any atom is 0.276 e. The molecule has 0 saturated carbocycles. The largest absolute Gasteiger partial charge is 0.378 e. The predicted molar refractivity (Wildman–Crippen MR) is 105 cm³/mol. The molecule has 1 aromatic heterocycles. The number of carbonyl (C=O) groups is 1. The van der Waals surface area contributed by atoms with Crippen molar-refractivity contribution in [2.75, 3.05) is 29.6 Å². The van der Waals surface area contributed by atoms with Crippen LogP contribution >= 0.6 is 0 Å². The van der Waals surface area contributed by atoms with Crippen LogP contribution in [0.2, 0.25) is 0 Å². The number of carbonyl (C=O) groups excluding carboxylic acids is 1. The van der Waals surface area contributed by atoms with Crippen LogP contribution in [0.5, 0.6) is 0 Å². The molecule has 1 amide bonds. The van der Waals surface area contributed by atoms with Gasteiger partial charge in [0.15, 0.2) is 11.5 Å². The zero-order chi connectivity index (χ0) is 19.2. The van der Waals surface area contributed by atoms with Crippen LogP contribution in [0.25, 0.3) is 0 Å². The average Bonchev–Trinajstić information content (AvgIpc) is 2.69. The number of benzene rings is 2. The zero-order valence-electron chi connectivity index (χ0n) is 15.0. The van der Waals surface area contributed by atoms with E-state index < -0.39 is 0 Å². The van der Waals surface area contributed by atoms with Gasteiger partial charge in [-0.3, -0.25) is 4.79 Å². The van der Waals surface area contributed by atoms with Crippen molar-refractivity contribution in [3.05, 3.63) is 71.9 Å². The molecule has 0 bridgehead atoms. The molecule has 0 atom stereocenters. The van der Waals surface area contributed by atoms with E-state index in [-0.39, 0.29) is 11.6 Å². The Morgan fingerprint density at radius 3 is 2.41 bits per heavy atom. The summed E-state index contributed by atoms with van der Waals surface area (Å²) in [4.78, 5) is 14.3. The zero-order valence-corrected chi connectivity index (χ0v) is 15.0. The summed E-state index contributed by atoms with van der Waals surface area (Å²) < 4.78 is 0. The Bertz CT molecular complexity index is 975. The molecule has 0 unspecified atom stereocenters. The van der Waals surface area contributed by atoms with Crippen molar-refractivity contribution in [2.45, 2.75) is 0 Å².